The Bertz CT molecular complexity index is 1280. The Morgan fingerprint density at radius 3 is 1.54 bits per heavy atom. The number of hydrogen-bond acceptors (Lipinski definition) is 6. The van der Waals surface area contributed by atoms with Crippen molar-refractivity contribution in [1.82, 2.24) is 4.13 Å². The maximum atomic E-state index is 13.7. The molecule has 35 heavy (non-hydrogen) atoms. The highest BCUT2D eigenvalue weighted by Crippen LogP contribution is 2.45. The first kappa shape index (κ1) is 23.3. The number of Topliss-reactive ketones (excluding diaryl/α,β-unsaturated/α-hetero) is 1. The molecule has 0 saturated carbocycles. The first-order chi connectivity index (χ1) is 17.3. The van der Waals surface area contributed by atoms with Crippen LogP contribution in [0.15, 0.2) is 131 Å². The van der Waals surface area contributed by atoms with E-state index >= 15 is 0 Å². The Labute approximate surface area is 213 Å². The van der Waals surface area contributed by atoms with Crippen molar-refractivity contribution < 1.29 is 4.79 Å². The molecule has 0 atom stereocenters. The van der Waals surface area contributed by atoms with Gasteiger partial charge in [-0.05, 0) is 53.7 Å². The highest BCUT2D eigenvalue weighted by atomic mass is 32.2. The average molecular weight is 494 g/mol. The number of hydrogen-bond donors (Lipinski definition) is 1. The predicted octanol–water partition coefficient (Wildman–Crippen LogP) is 7.56. The van der Waals surface area contributed by atoms with Gasteiger partial charge in [-0.15, -0.1) is 0 Å². The molecule has 0 bridgehead atoms. The van der Waals surface area contributed by atoms with E-state index in [0.717, 1.165) is 27.0 Å². The van der Waals surface area contributed by atoms with Gasteiger partial charge >= 0.3 is 0 Å². The second kappa shape index (κ2) is 10.9. The Morgan fingerprint density at radius 1 is 0.629 bits per heavy atom. The standard InChI is InChI=1S/C29H23N3OS2/c33-26(22-13-5-1-6-14-22)21-29(23-15-7-2-8-16-23)27(30-24-17-9-3-10-18-24)34-32-35-28(29)31-25-19-11-4-12-20-25/h1-20,32H,21H2. The third-order valence-corrected chi connectivity index (χ3v) is 7.70. The number of para-hydroxylation sites is 2. The number of rotatable bonds is 6. The van der Waals surface area contributed by atoms with E-state index in [-0.39, 0.29) is 12.2 Å². The third kappa shape index (κ3) is 5.15. The minimum Gasteiger partial charge on any atom is -0.294 e. The van der Waals surface area contributed by atoms with Crippen molar-refractivity contribution in [2.45, 2.75) is 11.8 Å². The van der Waals surface area contributed by atoms with Crippen molar-refractivity contribution in [1.29, 1.82) is 0 Å². The molecule has 1 aliphatic heterocycles. The van der Waals surface area contributed by atoms with Crippen molar-refractivity contribution in [3.63, 3.8) is 0 Å². The zero-order valence-corrected chi connectivity index (χ0v) is 20.5. The van der Waals surface area contributed by atoms with Crippen LogP contribution in [0.3, 0.4) is 0 Å². The van der Waals surface area contributed by atoms with E-state index in [0.29, 0.717) is 5.56 Å². The molecule has 1 N–H and O–H groups in total. The van der Waals surface area contributed by atoms with Gasteiger partial charge in [0.25, 0.3) is 0 Å². The summed E-state index contributed by atoms with van der Waals surface area (Å²) in [6.45, 7) is 0. The number of carbonyl (C=O) groups excluding carboxylic acids is 1. The normalized spacial score (nSPS) is 20.1. The zero-order chi connectivity index (χ0) is 23.9. The third-order valence-electron chi connectivity index (χ3n) is 5.77. The van der Waals surface area contributed by atoms with Crippen molar-refractivity contribution in [3.05, 3.63) is 132 Å². The molecule has 0 unspecified atom stereocenters. The van der Waals surface area contributed by atoms with Crippen LogP contribution in [-0.2, 0) is 5.41 Å². The van der Waals surface area contributed by atoms with Crippen molar-refractivity contribution in [3.8, 4) is 0 Å². The molecule has 0 aromatic heterocycles. The van der Waals surface area contributed by atoms with Crippen LogP contribution in [-0.4, -0.2) is 15.9 Å². The quantitative estimate of drug-likeness (QED) is 0.222. The van der Waals surface area contributed by atoms with Gasteiger partial charge in [-0.25, -0.2) is 9.98 Å². The van der Waals surface area contributed by atoms with Crippen LogP contribution in [0, 0.1) is 0 Å². The fourth-order valence-corrected chi connectivity index (χ4v) is 6.12. The van der Waals surface area contributed by atoms with Crippen LogP contribution in [0.5, 0.6) is 0 Å². The summed E-state index contributed by atoms with van der Waals surface area (Å²) in [5.41, 5.74) is 2.47. The van der Waals surface area contributed by atoms with Crippen LogP contribution < -0.4 is 4.13 Å². The van der Waals surface area contributed by atoms with Crippen LogP contribution in [0.25, 0.3) is 0 Å². The molecular formula is C29H23N3OS2. The first-order valence-corrected chi connectivity index (χ1v) is 12.9. The van der Waals surface area contributed by atoms with Gasteiger partial charge in [-0.1, -0.05) is 97.1 Å². The van der Waals surface area contributed by atoms with Crippen LogP contribution in [0.4, 0.5) is 11.4 Å². The first-order valence-electron chi connectivity index (χ1n) is 11.3. The number of carbonyl (C=O) groups is 1. The number of benzene rings is 4. The fourth-order valence-electron chi connectivity index (χ4n) is 4.03. The lowest BCUT2D eigenvalue weighted by Gasteiger charge is -2.38. The van der Waals surface area contributed by atoms with Gasteiger partial charge < -0.3 is 0 Å². The molecule has 0 radical (unpaired) electrons. The van der Waals surface area contributed by atoms with Crippen molar-refractivity contribution in [2.24, 2.45) is 9.98 Å². The molecular weight excluding hydrogens is 470 g/mol. The molecule has 1 aliphatic rings. The highest BCUT2D eigenvalue weighted by molar-refractivity contribution is 8.28. The molecule has 4 nitrogen and oxygen atoms in total. The number of nitrogens with zero attached hydrogens (tertiary/aromatic N) is 2. The van der Waals surface area contributed by atoms with E-state index < -0.39 is 5.41 Å². The Kier molecular flexibility index (Phi) is 7.23. The van der Waals surface area contributed by atoms with Crippen LogP contribution in [0.1, 0.15) is 22.3 Å². The van der Waals surface area contributed by atoms with E-state index in [2.05, 4.69) is 16.3 Å². The minimum atomic E-state index is -0.847. The van der Waals surface area contributed by atoms with Gasteiger partial charge in [0.2, 0.25) is 0 Å². The van der Waals surface area contributed by atoms with Gasteiger partial charge in [0, 0.05) is 12.0 Å². The van der Waals surface area contributed by atoms with Gasteiger partial charge in [0.1, 0.15) is 15.5 Å². The molecule has 6 heteroatoms. The fraction of sp³-hybridized carbons (Fsp3) is 0.0690. The Morgan fingerprint density at radius 2 is 1.06 bits per heavy atom. The largest absolute Gasteiger partial charge is 0.294 e. The zero-order valence-electron chi connectivity index (χ0n) is 18.9. The summed E-state index contributed by atoms with van der Waals surface area (Å²) in [5.74, 6) is 0.0408. The summed E-state index contributed by atoms with van der Waals surface area (Å²) < 4.78 is 3.32. The van der Waals surface area contributed by atoms with Crippen molar-refractivity contribution >= 4 is 51.1 Å². The molecule has 4 aromatic carbocycles. The lowest BCUT2D eigenvalue weighted by molar-refractivity contribution is 0.0974. The van der Waals surface area contributed by atoms with Gasteiger partial charge in [0.05, 0.1) is 11.4 Å². The summed E-state index contributed by atoms with van der Waals surface area (Å²) in [6, 6.07) is 39.2. The number of ketones is 1. The summed E-state index contributed by atoms with van der Waals surface area (Å²) >= 11 is 2.88. The second-order valence-electron chi connectivity index (χ2n) is 8.03. The highest BCUT2D eigenvalue weighted by Gasteiger charge is 2.48. The minimum absolute atomic E-state index is 0.0408. The molecule has 172 valence electrons. The van der Waals surface area contributed by atoms with E-state index in [4.69, 9.17) is 9.98 Å². The number of nitrogens with one attached hydrogen (secondary N) is 1. The maximum Gasteiger partial charge on any atom is 0.164 e. The monoisotopic (exact) mass is 493 g/mol. The Hall–Kier alpha value is -3.45. The van der Waals surface area contributed by atoms with Crippen LogP contribution >= 0.6 is 23.9 Å². The van der Waals surface area contributed by atoms with Gasteiger partial charge in [-0.3, -0.25) is 4.79 Å². The molecule has 1 saturated heterocycles. The van der Waals surface area contributed by atoms with E-state index in [9.17, 15) is 4.79 Å². The summed E-state index contributed by atoms with van der Waals surface area (Å²) in [4.78, 5) is 23.9. The SMILES string of the molecule is O=C(CC1(c2ccccc2)C(=Nc2ccccc2)SNSC1=Nc1ccccc1)c1ccccc1. The molecule has 5 rings (SSSR count). The smallest absolute Gasteiger partial charge is 0.164 e. The summed E-state index contributed by atoms with van der Waals surface area (Å²) in [6.07, 6.45) is 0.208. The molecule has 1 fully saturated rings. The number of aliphatic imine (C=N–C) groups is 2. The topological polar surface area (TPSA) is 53.8 Å². The maximum absolute atomic E-state index is 13.7. The Balaban J connectivity index is 1.74. The van der Waals surface area contributed by atoms with Crippen molar-refractivity contribution in [2.75, 3.05) is 0 Å². The molecule has 4 aromatic rings. The lowest BCUT2D eigenvalue weighted by Crippen LogP contribution is -2.47. The average Bonchev–Trinajstić information content (AvgIpc) is 2.92. The molecule has 0 amide bonds. The predicted molar refractivity (Wildman–Crippen MR) is 149 cm³/mol. The van der Waals surface area contributed by atoms with Gasteiger partial charge in [-0.2, -0.15) is 4.13 Å². The summed E-state index contributed by atoms with van der Waals surface area (Å²) in [5, 5.41) is 1.57. The summed E-state index contributed by atoms with van der Waals surface area (Å²) in [7, 11) is 0. The van der Waals surface area contributed by atoms with E-state index in [1.165, 1.54) is 23.9 Å². The molecule has 0 spiro atoms. The van der Waals surface area contributed by atoms with Gasteiger partial charge in [0.15, 0.2) is 5.78 Å². The van der Waals surface area contributed by atoms with E-state index in [1.807, 2.05) is 109 Å². The van der Waals surface area contributed by atoms with E-state index in [1.54, 1.807) is 0 Å². The van der Waals surface area contributed by atoms with Crippen LogP contribution in [0.2, 0.25) is 0 Å². The molecule has 1 heterocycles. The lowest BCUT2D eigenvalue weighted by atomic mass is 9.76. The molecule has 0 aliphatic carbocycles. The second-order valence-corrected chi connectivity index (χ2v) is 9.88.